The van der Waals surface area contributed by atoms with Crippen LogP contribution < -0.4 is 10.6 Å². The second-order valence-electron chi connectivity index (χ2n) is 3.88. The van der Waals surface area contributed by atoms with Crippen molar-refractivity contribution in [2.75, 3.05) is 17.7 Å². The number of aromatic nitrogens is 2. The number of hydrogen-bond acceptors (Lipinski definition) is 4. The van der Waals surface area contributed by atoms with E-state index in [1.165, 1.54) is 5.56 Å². The Labute approximate surface area is 122 Å². The van der Waals surface area contributed by atoms with Gasteiger partial charge in [-0.3, -0.25) is 0 Å². The Bertz CT molecular complexity index is 542. The Kier molecular flexibility index (Phi) is 4.19. The van der Waals surface area contributed by atoms with Gasteiger partial charge in [0.15, 0.2) is 0 Å². The molecular weight excluding hydrogens is 360 g/mol. The molecule has 2 aromatic rings. The van der Waals surface area contributed by atoms with Crippen LogP contribution in [0.3, 0.4) is 0 Å². The van der Waals surface area contributed by atoms with E-state index in [1.54, 1.807) is 6.20 Å². The number of rotatable bonds is 3. The van der Waals surface area contributed by atoms with Gasteiger partial charge in [0, 0.05) is 24.3 Å². The van der Waals surface area contributed by atoms with E-state index in [0.717, 1.165) is 21.3 Å². The molecule has 0 atom stereocenters. The monoisotopic (exact) mass is 370 g/mol. The molecule has 2 N–H and O–H groups in total. The van der Waals surface area contributed by atoms with Crippen LogP contribution >= 0.6 is 31.9 Å². The van der Waals surface area contributed by atoms with Crippen LogP contribution in [0, 0.1) is 0 Å². The first-order valence-electron chi connectivity index (χ1n) is 5.30. The number of hydrogen-bond donors (Lipinski definition) is 1. The van der Waals surface area contributed by atoms with E-state index in [9.17, 15) is 0 Å². The van der Waals surface area contributed by atoms with E-state index in [4.69, 9.17) is 5.73 Å². The zero-order valence-electron chi connectivity index (χ0n) is 9.77. The van der Waals surface area contributed by atoms with Crippen molar-refractivity contribution in [2.45, 2.75) is 6.54 Å². The maximum absolute atomic E-state index is 5.60. The third-order valence-corrected chi connectivity index (χ3v) is 3.53. The van der Waals surface area contributed by atoms with Gasteiger partial charge in [-0.15, -0.1) is 0 Å². The first kappa shape index (κ1) is 13.3. The summed E-state index contributed by atoms with van der Waals surface area (Å²) in [4.78, 5) is 10.2. The molecule has 0 bridgehead atoms. The molecule has 0 aliphatic carbocycles. The van der Waals surface area contributed by atoms with Crippen LogP contribution in [0.4, 0.5) is 11.8 Å². The molecule has 4 nitrogen and oxygen atoms in total. The number of nitrogens with two attached hydrogens (primary N) is 1. The van der Waals surface area contributed by atoms with Crippen LogP contribution in [0.25, 0.3) is 0 Å². The molecule has 0 amide bonds. The Hall–Kier alpha value is -1.14. The lowest BCUT2D eigenvalue weighted by molar-refractivity contribution is 0.889. The molecule has 2 rings (SSSR count). The van der Waals surface area contributed by atoms with Crippen LogP contribution in [0.15, 0.2) is 39.4 Å². The molecule has 94 valence electrons. The first-order valence-corrected chi connectivity index (χ1v) is 6.88. The molecule has 6 heteroatoms. The van der Waals surface area contributed by atoms with Crippen molar-refractivity contribution in [3.63, 3.8) is 0 Å². The van der Waals surface area contributed by atoms with Gasteiger partial charge >= 0.3 is 0 Å². The lowest BCUT2D eigenvalue weighted by Gasteiger charge is -2.19. The van der Waals surface area contributed by atoms with Gasteiger partial charge in [-0.05, 0) is 33.6 Å². The second-order valence-corrected chi connectivity index (χ2v) is 5.65. The summed E-state index contributed by atoms with van der Waals surface area (Å²) in [6.45, 7) is 0.752. The van der Waals surface area contributed by atoms with Gasteiger partial charge in [0.25, 0.3) is 0 Å². The van der Waals surface area contributed by atoms with Crippen LogP contribution in [-0.4, -0.2) is 17.0 Å². The molecule has 0 saturated heterocycles. The van der Waals surface area contributed by atoms with Crippen molar-refractivity contribution in [2.24, 2.45) is 0 Å². The highest BCUT2D eigenvalue weighted by Gasteiger charge is 2.09. The maximum atomic E-state index is 5.60. The number of anilines is 2. The zero-order chi connectivity index (χ0) is 13.1. The zero-order valence-corrected chi connectivity index (χ0v) is 12.9. The highest BCUT2D eigenvalue weighted by atomic mass is 79.9. The normalized spacial score (nSPS) is 10.4. The quantitative estimate of drug-likeness (QED) is 0.899. The fraction of sp³-hybridized carbons (Fsp3) is 0.167. The predicted octanol–water partition coefficient (Wildman–Crippen LogP) is 3.22. The number of nitrogens with zero attached hydrogens (tertiary/aromatic N) is 3. The van der Waals surface area contributed by atoms with E-state index in [-0.39, 0.29) is 5.95 Å². The molecule has 0 spiro atoms. The lowest BCUT2D eigenvalue weighted by atomic mass is 10.2. The summed E-state index contributed by atoms with van der Waals surface area (Å²) in [5.74, 6) is 1.06. The van der Waals surface area contributed by atoms with Crippen molar-refractivity contribution < 1.29 is 0 Å². The topological polar surface area (TPSA) is 55.0 Å². The van der Waals surface area contributed by atoms with Gasteiger partial charge in [-0.25, -0.2) is 4.98 Å². The average Bonchev–Trinajstić information content (AvgIpc) is 2.35. The van der Waals surface area contributed by atoms with Gasteiger partial charge in [0.2, 0.25) is 5.95 Å². The van der Waals surface area contributed by atoms with Gasteiger partial charge in [-0.1, -0.05) is 28.1 Å². The van der Waals surface area contributed by atoms with Crippen LogP contribution in [0.1, 0.15) is 5.56 Å². The molecule has 18 heavy (non-hydrogen) atoms. The van der Waals surface area contributed by atoms with E-state index in [2.05, 4.69) is 54.0 Å². The van der Waals surface area contributed by atoms with Crippen molar-refractivity contribution in [3.8, 4) is 0 Å². The third kappa shape index (κ3) is 3.20. The Balaban J connectivity index is 2.18. The molecule has 1 aromatic heterocycles. The summed E-state index contributed by atoms with van der Waals surface area (Å²) in [5.41, 5.74) is 6.80. The van der Waals surface area contributed by atoms with Gasteiger partial charge in [0.1, 0.15) is 5.82 Å². The molecule has 0 saturated carbocycles. The molecule has 0 aliphatic rings. The fourth-order valence-electron chi connectivity index (χ4n) is 1.58. The van der Waals surface area contributed by atoms with Crippen molar-refractivity contribution in [1.29, 1.82) is 0 Å². The fourth-order valence-corrected chi connectivity index (χ4v) is 2.34. The summed E-state index contributed by atoms with van der Waals surface area (Å²) in [6.07, 6.45) is 1.66. The van der Waals surface area contributed by atoms with E-state index >= 15 is 0 Å². The molecule has 1 heterocycles. The standard InChI is InChI=1S/C12H12Br2N4/c1-18(7-8-2-4-9(13)5-3-8)11-10(14)6-16-12(15)17-11/h2-6H,7H2,1H3,(H2,15,16,17). The Morgan fingerprint density at radius 1 is 1.22 bits per heavy atom. The third-order valence-electron chi connectivity index (χ3n) is 2.44. The largest absolute Gasteiger partial charge is 0.368 e. The summed E-state index contributed by atoms with van der Waals surface area (Å²) in [6, 6.07) is 8.18. The molecule has 0 fully saturated rings. The van der Waals surface area contributed by atoms with Crippen LogP contribution in [-0.2, 0) is 6.54 Å². The average molecular weight is 372 g/mol. The first-order chi connectivity index (χ1) is 8.56. The molecule has 0 radical (unpaired) electrons. The Morgan fingerprint density at radius 3 is 2.56 bits per heavy atom. The highest BCUT2D eigenvalue weighted by molar-refractivity contribution is 9.10. The second kappa shape index (κ2) is 5.67. The summed E-state index contributed by atoms with van der Waals surface area (Å²) >= 11 is 6.85. The molecule has 0 aliphatic heterocycles. The highest BCUT2D eigenvalue weighted by Crippen LogP contribution is 2.24. The van der Waals surface area contributed by atoms with E-state index < -0.39 is 0 Å². The lowest BCUT2D eigenvalue weighted by Crippen LogP contribution is -2.19. The minimum Gasteiger partial charge on any atom is -0.368 e. The van der Waals surface area contributed by atoms with Crippen molar-refractivity contribution in [3.05, 3.63) is 45.0 Å². The summed E-state index contributed by atoms with van der Waals surface area (Å²) in [5, 5.41) is 0. The SMILES string of the molecule is CN(Cc1ccc(Br)cc1)c1nc(N)ncc1Br. The number of nitrogen functional groups attached to an aromatic ring is 1. The van der Waals surface area contributed by atoms with Gasteiger partial charge in [0.05, 0.1) is 4.47 Å². The van der Waals surface area contributed by atoms with Crippen LogP contribution in [0.5, 0.6) is 0 Å². The van der Waals surface area contributed by atoms with Crippen LogP contribution in [0.2, 0.25) is 0 Å². The van der Waals surface area contributed by atoms with Crippen molar-refractivity contribution in [1.82, 2.24) is 9.97 Å². The van der Waals surface area contributed by atoms with Gasteiger partial charge < -0.3 is 10.6 Å². The molecular formula is C12H12Br2N4. The van der Waals surface area contributed by atoms with Crippen molar-refractivity contribution >= 4 is 43.6 Å². The van der Waals surface area contributed by atoms with E-state index in [0.29, 0.717) is 0 Å². The Morgan fingerprint density at radius 2 is 1.89 bits per heavy atom. The minimum absolute atomic E-state index is 0.274. The summed E-state index contributed by atoms with van der Waals surface area (Å²) in [7, 11) is 1.97. The predicted molar refractivity (Wildman–Crippen MR) is 80.4 cm³/mol. The minimum atomic E-state index is 0.274. The number of benzene rings is 1. The molecule has 1 aromatic carbocycles. The summed E-state index contributed by atoms with van der Waals surface area (Å²) < 4.78 is 1.90. The number of halogens is 2. The molecule has 0 unspecified atom stereocenters. The smallest absolute Gasteiger partial charge is 0.222 e. The van der Waals surface area contributed by atoms with Gasteiger partial charge in [-0.2, -0.15) is 4.98 Å². The van der Waals surface area contributed by atoms with E-state index in [1.807, 2.05) is 24.1 Å². The maximum Gasteiger partial charge on any atom is 0.222 e.